The minimum atomic E-state index is 0.756. The van der Waals surface area contributed by atoms with Crippen molar-refractivity contribution in [3.8, 4) is 0 Å². The molecule has 3 unspecified atom stereocenters. The molecular formula is C12H24. The summed E-state index contributed by atoms with van der Waals surface area (Å²) in [5.74, 6) is 3.93. The lowest BCUT2D eigenvalue weighted by Crippen LogP contribution is -2.19. The fourth-order valence-corrected chi connectivity index (χ4v) is 1.60. The van der Waals surface area contributed by atoms with Gasteiger partial charge >= 0.3 is 0 Å². The maximum absolute atomic E-state index is 3.91. The van der Waals surface area contributed by atoms with Crippen molar-refractivity contribution >= 4 is 0 Å². The molecule has 0 bridgehead atoms. The van der Waals surface area contributed by atoms with Crippen LogP contribution in [0.4, 0.5) is 0 Å². The molecular weight excluding hydrogens is 144 g/mol. The van der Waals surface area contributed by atoms with Crippen molar-refractivity contribution in [2.45, 2.75) is 47.5 Å². The van der Waals surface area contributed by atoms with Crippen LogP contribution >= 0.6 is 0 Å². The molecule has 0 nitrogen and oxygen atoms in total. The lowest BCUT2D eigenvalue weighted by atomic mass is 9.77. The van der Waals surface area contributed by atoms with Gasteiger partial charge in [0.1, 0.15) is 0 Å². The Kier molecular flexibility index (Phi) is 5.61. The predicted molar refractivity (Wildman–Crippen MR) is 56.7 cm³/mol. The zero-order valence-electron chi connectivity index (χ0n) is 9.35. The van der Waals surface area contributed by atoms with E-state index >= 15 is 0 Å². The summed E-state index contributed by atoms with van der Waals surface area (Å²) < 4.78 is 0. The molecule has 0 saturated carbocycles. The fraction of sp³-hybridized carbons (Fsp3) is 0.833. The maximum atomic E-state index is 3.91. The molecule has 12 heavy (non-hydrogen) atoms. The highest BCUT2D eigenvalue weighted by molar-refractivity contribution is 4.88. The molecule has 2 radical (unpaired) electrons. The molecule has 0 rings (SSSR count). The maximum Gasteiger partial charge on any atom is -0.0272 e. The van der Waals surface area contributed by atoms with Gasteiger partial charge < -0.3 is 0 Å². The second-order valence-electron chi connectivity index (χ2n) is 4.34. The highest BCUT2D eigenvalue weighted by Crippen LogP contribution is 2.29. The van der Waals surface area contributed by atoms with Crippen LogP contribution in [-0.2, 0) is 0 Å². The minimum Gasteiger partial charge on any atom is -0.0622 e. The first-order valence-electron chi connectivity index (χ1n) is 5.10. The lowest BCUT2D eigenvalue weighted by molar-refractivity contribution is 0.277. The molecule has 0 N–H and O–H groups in total. The molecule has 0 saturated heterocycles. The predicted octanol–water partition coefficient (Wildman–Crippen LogP) is 4.12. The molecule has 0 aliphatic heterocycles. The average Bonchev–Trinajstić information content (AvgIpc) is 2.02. The Balaban J connectivity index is 3.90. The standard InChI is InChI=1S/C12H24/c1-7-8-10(4)12(6)11(5)9(2)3/h10-12H,1,7-8H2,2-6H3. The highest BCUT2D eigenvalue weighted by atomic mass is 14.3. The van der Waals surface area contributed by atoms with E-state index < -0.39 is 0 Å². The number of rotatable bonds is 5. The Morgan fingerprint density at radius 2 is 1.67 bits per heavy atom. The molecule has 0 aliphatic rings. The summed E-state index contributed by atoms with van der Waals surface area (Å²) in [5, 5.41) is 0. The third-order valence-corrected chi connectivity index (χ3v) is 3.26. The second-order valence-corrected chi connectivity index (χ2v) is 4.34. The van der Waals surface area contributed by atoms with Gasteiger partial charge in [-0.1, -0.05) is 54.4 Å². The number of hydrogen-bond acceptors (Lipinski definition) is 0. The van der Waals surface area contributed by atoms with Crippen molar-refractivity contribution in [3.05, 3.63) is 12.8 Å². The van der Waals surface area contributed by atoms with Crippen molar-refractivity contribution in [2.24, 2.45) is 17.8 Å². The molecule has 3 atom stereocenters. The summed E-state index contributed by atoms with van der Waals surface area (Å²) in [4.78, 5) is 0. The third kappa shape index (κ3) is 3.60. The molecule has 0 heterocycles. The molecule has 0 fully saturated rings. The van der Waals surface area contributed by atoms with E-state index in [0.717, 1.165) is 24.2 Å². The summed E-state index contributed by atoms with van der Waals surface area (Å²) in [6, 6.07) is 0. The fourth-order valence-electron chi connectivity index (χ4n) is 1.60. The van der Waals surface area contributed by atoms with Crippen LogP contribution in [0, 0.1) is 30.6 Å². The highest BCUT2D eigenvalue weighted by Gasteiger charge is 2.20. The van der Waals surface area contributed by atoms with Crippen LogP contribution in [0.1, 0.15) is 47.5 Å². The first-order valence-corrected chi connectivity index (χ1v) is 5.10. The van der Waals surface area contributed by atoms with Crippen LogP contribution in [0.3, 0.4) is 0 Å². The zero-order chi connectivity index (χ0) is 9.72. The Hall–Kier alpha value is 0. The quantitative estimate of drug-likeness (QED) is 0.579. The van der Waals surface area contributed by atoms with E-state index in [9.17, 15) is 0 Å². The molecule has 0 aromatic heterocycles. The van der Waals surface area contributed by atoms with Crippen molar-refractivity contribution in [3.63, 3.8) is 0 Å². The second kappa shape index (κ2) is 5.61. The molecule has 0 spiro atoms. The Morgan fingerprint density at radius 3 is 2.00 bits per heavy atom. The first-order chi connectivity index (χ1) is 5.50. The Morgan fingerprint density at radius 1 is 1.17 bits per heavy atom. The summed E-state index contributed by atoms with van der Waals surface area (Å²) >= 11 is 0. The number of hydrogen-bond donors (Lipinski definition) is 0. The summed E-state index contributed by atoms with van der Waals surface area (Å²) in [6.45, 7) is 15.4. The van der Waals surface area contributed by atoms with Crippen LogP contribution in [0.15, 0.2) is 0 Å². The van der Waals surface area contributed by atoms with E-state index in [-0.39, 0.29) is 0 Å². The Bertz CT molecular complexity index is 105. The minimum absolute atomic E-state index is 0.756. The van der Waals surface area contributed by atoms with Gasteiger partial charge in [-0.2, -0.15) is 0 Å². The molecule has 0 heteroatoms. The van der Waals surface area contributed by atoms with Crippen LogP contribution < -0.4 is 0 Å². The van der Waals surface area contributed by atoms with Crippen LogP contribution in [0.5, 0.6) is 0 Å². The van der Waals surface area contributed by atoms with E-state index in [2.05, 4.69) is 41.5 Å². The van der Waals surface area contributed by atoms with Gasteiger partial charge in [0.2, 0.25) is 0 Å². The van der Waals surface area contributed by atoms with Gasteiger partial charge in [-0.3, -0.25) is 0 Å². The van der Waals surface area contributed by atoms with Crippen molar-refractivity contribution in [2.75, 3.05) is 0 Å². The van der Waals surface area contributed by atoms with E-state index in [0.29, 0.717) is 0 Å². The molecule has 0 aromatic rings. The molecule has 0 aromatic carbocycles. The van der Waals surface area contributed by atoms with Gasteiger partial charge in [0, 0.05) is 0 Å². The van der Waals surface area contributed by atoms with Gasteiger partial charge in [0.15, 0.2) is 0 Å². The van der Waals surface area contributed by atoms with Crippen LogP contribution in [0.2, 0.25) is 0 Å². The molecule has 0 amide bonds. The van der Waals surface area contributed by atoms with Gasteiger partial charge in [0.05, 0.1) is 0 Å². The topological polar surface area (TPSA) is 0 Å². The summed E-state index contributed by atoms with van der Waals surface area (Å²) in [6.07, 6.45) is 2.33. The largest absolute Gasteiger partial charge is 0.0622 e. The Labute approximate surface area is 78.8 Å². The van der Waals surface area contributed by atoms with E-state index in [1.165, 1.54) is 6.42 Å². The van der Waals surface area contributed by atoms with Gasteiger partial charge in [0.25, 0.3) is 0 Å². The van der Waals surface area contributed by atoms with E-state index in [1.54, 1.807) is 5.92 Å². The SMILES string of the molecule is [CH2]CCC(C)C(C)C(C)[C](C)C. The first kappa shape index (κ1) is 12.0. The van der Waals surface area contributed by atoms with Crippen molar-refractivity contribution in [1.29, 1.82) is 0 Å². The molecule has 72 valence electrons. The van der Waals surface area contributed by atoms with Gasteiger partial charge in [-0.15, -0.1) is 0 Å². The molecule has 0 aliphatic carbocycles. The van der Waals surface area contributed by atoms with Crippen LogP contribution in [-0.4, -0.2) is 0 Å². The lowest BCUT2D eigenvalue weighted by Gasteiger charge is -2.28. The normalized spacial score (nSPS) is 19.2. The van der Waals surface area contributed by atoms with Crippen LogP contribution in [0.25, 0.3) is 0 Å². The zero-order valence-corrected chi connectivity index (χ0v) is 9.35. The average molecular weight is 168 g/mol. The van der Waals surface area contributed by atoms with Crippen molar-refractivity contribution < 1.29 is 0 Å². The van der Waals surface area contributed by atoms with E-state index in [4.69, 9.17) is 0 Å². The van der Waals surface area contributed by atoms with Gasteiger partial charge in [-0.05, 0) is 23.7 Å². The summed E-state index contributed by atoms with van der Waals surface area (Å²) in [7, 11) is 0. The van der Waals surface area contributed by atoms with Crippen molar-refractivity contribution in [1.82, 2.24) is 0 Å². The third-order valence-electron chi connectivity index (χ3n) is 3.26. The summed E-state index contributed by atoms with van der Waals surface area (Å²) in [5.41, 5.74) is 0. The smallest absolute Gasteiger partial charge is 0.0272 e. The van der Waals surface area contributed by atoms with E-state index in [1.807, 2.05) is 0 Å². The van der Waals surface area contributed by atoms with Gasteiger partial charge in [-0.25, -0.2) is 0 Å². The monoisotopic (exact) mass is 168 g/mol.